The van der Waals surface area contributed by atoms with Gasteiger partial charge in [-0.1, -0.05) is 6.07 Å². The molecule has 0 saturated heterocycles. The minimum atomic E-state index is 0.0747. The molecule has 1 heterocycles. The van der Waals surface area contributed by atoms with E-state index in [1.54, 1.807) is 7.11 Å². The van der Waals surface area contributed by atoms with Crippen LogP contribution < -0.4 is 11.3 Å². The van der Waals surface area contributed by atoms with E-state index in [0.29, 0.717) is 19.8 Å². The molecule has 3 N–H and O–H groups in total. The Balaban J connectivity index is 2.35. The fraction of sp³-hybridized carbons (Fsp3) is 0.583. The Morgan fingerprint density at radius 2 is 2.18 bits per heavy atom. The van der Waals surface area contributed by atoms with Gasteiger partial charge in [-0.3, -0.25) is 16.3 Å². The highest BCUT2D eigenvalue weighted by molar-refractivity contribution is 5.16. The molecule has 0 bridgehead atoms. The summed E-state index contributed by atoms with van der Waals surface area (Å²) in [5.41, 5.74) is 4.86. The summed E-state index contributed by atoms with van der Waals surface area (Å²) >= 11 is 0. The molecule has 5 heteroatoms. The number of nitrogens with one attached hydrogen (secondary N) is 1. The second kappa shape index (κ2) is 8.14. The second-order valence-electron chi connectivity index (χ2n) is 3.85. The lowest BCUT2D eigenvalue weighted by atomic mass is 10.1. The maximum atomic E-state index is 5.53. The van der Waals surface area contributed by atoms with Crippen molar-refractivity contribution in [2.24, 2.45) is 5.84 Å². The molecule has 0 radical (unpaired) electrons. The molecule has 17 heavy (non-hydrogen) atoms. The molecule has 0 aliphatic carbocycles. The lowest BCUT2D eigenvalue weighted by Crippen LogP contribution is -2.29. The van der Waals surface area contributed by atoms with Crippen molar-refractivity contribution >= 4 is 0 Å². The molecular weight excluding hydrogens is 218 g/mol. The summed E-state index contributed by atoms with van der Waals surface area (Å²) in [6.45, 7) is 3.83. The number of pyridine rings is 1. The third-order valence-corrected chi connectivity index (χ3v) is 2.52. The van der Waals surface area contributed by atoms with Gasteiger partial charge >= 0.3 is 0 Å². The standard InChI is InChI=1S/C12H21N3O2/c1-10-3-4-11(9-14-10)12(15-13)5-6-17-8-7-16-2/h3-4,9,12,15H,5-8,13H2,1-2H3. The number of methoxy groups -OCH3 is 1. The number of rotatable bonds is 8. The first-order valence-electron chi connectivity index (χ1n) is 5.73. The number of ether oxygens (including phenoxy) is 2. The molecule has 1 atom stereocenters. The lowest BCUT2D eigenvalue weighted by molar-refractivity contribution is 0.0657. The molecule has 1 aromatic heterocycles. The van der Waals surface area contributed by atoms with E-state index in [0.717, 1.165) is 17.7 Å². The van der Waals surface area contributed by atoms with Crippen LogP contribution >= 0.6 is 0 Å². The van der Waals surface area contributed by atoms with Crippen molar-refractivity contribution in [3.8, 4) is 0 Å². The predicted molar refractivity (Wildman–Crippen MR) is 66.4 cm³/mol. The maximum Gasteiger partial charge on any atom is 0.0700 e. The molecule has 0 aliphatic heterocycles. The number of aryl methyl sites for hydroxylation is 1. The Morgan fingerprint density at radius 3 is 2.76 bits per heavy atom. The predicted octanol–water partition coefficient (Wildman–Crippen LogP) is 0.948. The molecule has 96 valence electrons. The van der Waals surface area contributed by atoms with Crippen molar-refractivity contribution in [2.75, 3.05) is 26.9 Å². The first kappa shape index (κ1) is 14.1. The minimum absolute atomic E-state index is 0.0747. The summed E-state index contributed by atoms with van der Waals surface area (Å²) in [6.07, 6.45) is 2.65. The molecular formula is C12H21N3O2. The minimum Gasteiger partial charge on any atom is -0.382 e. The van der Waals surface area contributed by atoms with Crippen LogP contribution in [-0.2, 0) is 9.47 Å². The third-order valence-electron chi connectivity index (χ3n) is 2.52. The Kier molecular flexibility index (Phi) is 6.73. The van der Waals surface area contributed by atoms with Gasteiger partial charge in [0.1, 0.15) is 0 Å². The van der Waals surface area contributed by atoms with Crippen LogP contribution in [0.3, 0.4) is 0 Å². The first-order chi connectivity index (χ1) is 8.27. The zero-order valence-corrected chi connectivity index (χ0v) is 10.5. The van der Waals surface area contributed by atoms with E-state index in [9.17, 15) is 0 Å². The Bertz CT molecular complexity index is 303. The van der Waals surface area contributed by atoms with Gasteiger partial charge in [-0.25, -0.2) is 0 Å². The van der Waals surface area contributed by atoms with Crippen LogP contribution in [0.15, 0.2) is 18.3 Å². The number of aromatic nitrogens is 1. The topological polar surface area (TPSA) is 69.4 Å². The highest BCUT2D eigenvalue weighted by Crippen LogP contribution is 2.14. The van der Waals surface area contributed by atoms with Gasteiger partial charge in [0.15, 0.2) is 0 Å². The maximum absolute atomic E-state index is 5.53. The van der Waals surface area contributed by atoms with E-state index in [4.69, 9.17) is 15.3 Å². The van der Waals surface area contributed by atoms with E-state index in [2.05, 4.69) is 10.4 Å². The molecule has 0 fully saturated rings. The summed E-state index contributed by atoms with van der Waals surface area (Å²) in [4.78, 5) is 4.25. The Morgan fingerprint density at radius 1 is 1.35 bits per heavy atom. The molecule has 1 unspecified atom stereocenters. The van der Waals surface area contributed by atoms with E-state index >= 15 is 0 Å². The van der Waals surface area contributed by atoms with Gasteiger partial charge in [0.25, 0.3) is 0 Å². The third kappa shape index (κ3) is 5.23. The second-order valence-corrected chi connectivity index (χ2v) is 3.85. The highest BCUT2D eigenvalue weighted by Gasteiger charge is 2.09. The van der Waals surface area contributed by atoms with E-state index < -0.39 is 0 Å². The van der Waals surface area contributed by atoms with Gasteiger partial charge in [-0.15, -0.1) is 0 Å². The molecule has 1 aromatic rings. The van der Waals surface area contributed by atoms with Crippen LogP contribution in [0.1, 0.15) is 23.7 Å². The van der Waals surface area contributed by atoms with Gasteiger partial charge < -0.3 is 9.47 Å². The molecule has 0 amide bonds. The van der Waals surface area contributed by atoms with Gasteiger partial charge in [-0.2, -0.15) is 0 Å². The van der Waals surface area contributed by atoms with Crippen molar-refractivity contribution in [1.29, 1.82) is 0 Å². The van der Waals surface area contributed by atoms with Crippen molar-refractivity contribution < 1.29 is 9.47 Å². The van der Waals surface area contributed by atoms with E-state index in [-0.39, 0.29) is 6.04 Å². The zero-order valence-electron chi connectivity index (χ0n) is 10.5. The molecule has 0 spiro atoms. The van der Waals surface area contributed by atoms with Gasteiger partial charge in [0, 0.05) is 31.6 Å². The van der Waals surface area contributed by atoms with Crippen molar-refractivity contribution in [3.05, 3.63) is 29.6 Å². The van der Waals surface area contributed by atoms with E-state index in [1.807, 2.05) is 25.3 Å². The van der Waals surface area contributed by atoms with E-state index in [1.165, 1.54) is 0 Å². The number of hydrazine groups is 1. The van der Waals surface area contributed by atoms with Gasteiger partial charge in [-0.05, 0) is 25.0 Å². The van der Waals surface area contributed by atoms with Crippen LogP contribution in [0.5, 0.6) is 0 Å². The Labute approximate surface area is 102 Å². The van der Waals surface area contributed by atoms with Crippen molar-refractivity contribution in [3.63, 3.8) is 0 Å². The largest absolute Gasteiger partial charge is 0.382 e. The fourth-order valence-corrected chi connectivity index (χ4v) is 1.48. The van der Waals surface area contributed by atoms with Gasteiger partial charge in [0.2, 0.25) is 0 Å². The molecule has 0 saturated carbocycles. The van der Waals surface area contributed by atoms with Crippen molar-refractivity contribution in [1.82, 2.24) is 10.4 Å². The quantitative estimate of drug-likeness (QED) is 0.401. The molecule has 0 aliphatic rings. The number of nitrogens with two attached hydrogens (primary N) is 1. The summed E-state index contributed by atoms with van der Waals surface area (Å²) < 4.78 is 10.3. The SMILES string of the molecule is COCCOCCC(NN)c1ccc(C)nc1. The average Bonchev–Trinajstić information content (AvgIpc) is 2.35. The number of nitrogens with zero attached hydrogens (tertiary/aromatic N) is 1. The summed E-state index contributed by atoms with van der Waals surface area (Å²) in [6, 6.07) is 4.08. The van der Waals surface area contributed by atoms with Crippen LogP contribution in [0.2, 0.25) is 0 Å². The summed E-state index contributed by atoms with van der Waals surface area (Å²) in [5, 5.41) is 0. The van der Waals surface area contributed by atoms with Crippen LogP contribution in [0, 0.1) is 6.92 Å². The summed E-state index contributed by atoms with van der Waals surface area (Å²) in [7, 11) is 1.66. The lowest BCUT2D eigenvalue weighted by Gasteiger charge is -2.16. The Hall–Kier alpha value is -1.01. The number of hydrogen-bond acceptors (Lipinski definition) is 5. The zero-order chi connectivity index (χ0) is 12.5. The fourth-order valence-electron chi connectivity index (χ4n) is 1.48. The average molecular weight is 239 g/mol. The van der Waals surface area contributed by atoms with Crippen LogP contribution in [-0.4, -0.2) is 31.9 Å². The van der Waals surface area contributed by atoms with Gasteiger partial charge in [0.05, 0.1) is 13.2 Å². The smallest absolute Gasteiger partial charge is 0.0700 e. The normalized spacial score (nSPS) is 12.6. The highest BCUT2D eigenvalue weighted by atomic mass is 16.5. The molecule has 0 aromatic carbocycles. The van der Waals surface area contributed by atoms with Crippen LogP contribution in [0.4, 0.5) is 0 Å². The van der Waals surface area contributed by atoms with Crippen LogP contribution in [0.25, 0.3) is 0 Å². The molecule has 5 nitrogen and oxygen atoms in total. The first-order valence-corrected chi connectivity index (χ1v) is 5.73. The summed E-state index contributed by atoms with van der Waals surface area (Å²) in [5.74, 6) is 5.53. The molecule has 1 rings (SSSR count). The van der Waals surface area contributed by atoms with Crippen molar-refractivity contribution in [2.45, 2.75) is 19.4 Å². The number of hydrogen-bond donors (Lipinski definition) is 2. The monoisotopic (exact) mass is 239 g/mol.